The van der Waals surface area contributed by atoms with E-state index in [0.29, 0.717) is 0 Å². The van der Waals surface area contributed by atoms with Crippen molar-refractivity contribution in [1.82, 2.24) is 4.90 Å². The summed E-state index contributed by atoms with van der Waals surface area (Å²) in [5, 5.41) is 2.51. The van der Waals surface area contributed by atoms with Crippen molar-refractivity contribution in [3.05, 3.63) is 59.2 Å². The van der Waals surface area contributed by atoms with Crippen LogP contribution in [0.5, 0.6) is 5.75 Å². The Kier molecular flexibility index (Phi) is 4.61. The molecule has 1 heterocycles. The monoisotopic (exact) mass is 378 g/mol. The number of carbonyl (C=O) groups excluding carboxylic acids is 3. The zero-order valence-corrected chi connectivity index (χ0v) is 14.0. The summed E-state index contributed by atoms with van der Waals surface area (Å²) >= 11 is 0. The largest absolute Gasteiger partial charge is 0.573 e. The highest BCUT2D eigenvalue weighted by atomic mass is 19.4. The van der Waals surface area contributed by atoms with Crippen LogP contribution >= 0.6 is 0 Å². The van der Waals surface area contributed by atoms with Crippen molar-refractivity contribution < 1.29 is 32.3 Å². The molecule has 0 fully saturated rings. The molecule has 27 heavy (non-hydrogen) atoms. The van der Waals surface area contributed by atoms with Crippen LogP contribution in [0.2, 0.25) is 0 Å². The molecule has 0 aliphatic carbocycles. The van der Waals surface area contributed by atoms with Crippen LogP contribution in [0.1, 0.15) is 38.0 Å². The van der Waals surface area contributed by atoms with Gasteiger partial charge in [0.2, 0.25) is 0 Å². The zero-order chi connectivity index (χ0) is 19.8. The Labute approximate surface area is 151 Å². The van der Waals surface area contributed by atoms with Crippen LogP contribution in [0, 0.1) is 0 Å². The number of nitrogens with zero attached hydrogens (tertiary/aromatic N) is 1. The number of halogens is 3. The number of benzene rings is 2. The summed E-state index contributed by atoms with van der Waals surface area (Å²) in [4.78, 5) is 37.7. The highest BCUT2D eigenvalue weighted by Crippen LogP contribution is 2.26. The quantitative estimate of drug-likeness (QED) is 0.827. The predicted octanol–water partition coefficient (Wildman–Crippen LogP) is 3.45. The average Bonchev–Trinajstić information content (AvgIpc) is 2.85. The molecule has 9 heteroatoms. The molecule has 1 aliphatic rings. The lowest BCUT2D eigenvalue weighted by atomic mass is 10.1. The molecule has 0 saturated heterocycles. The van der Waals surface area contributed by atoms with Crippen molar-refractivity contribution in [3.8, 4) is 5.75 Å². The van der Waals surface area contributed by atoms with Gasteiger partial charge in [-0.15, -0.1) is 13.2 Å². The second kappa shape index (κ2) is 6.75. The maximum atomic E-state index is 12.3. The van der Waals surface area contributed by atoms with Crippen LogP contribution < -0.4 is 10.1 Å². The summed E-state index contributed by atoms with van der Waals surface area (Å²) in [5.41, 5.74) is 0.756. The van der Waals surface area contributed by atoms with E-state index in [1.807, 2.05) is 0 Å². The molecule has 0 atom stereocenters. The number of fused-ring (bicyclic) bond motifs is 1. The molecular weight excluding hydrogens is 365 g/mol. The first-order valence-electron chi connectivity index (χ1n) is 7.87. The van der Waals surface area contributed by atoms with Crippen LogP contribution in [-0.4, -0.2) is 35.5 Å². The minimum Gasteiger partial charge on any atom is -0.406 e. The highest BCUT2D eigenvalue weighted by Gasteiger charge is 2.35. The molecule has 3 rings (SSSR count). The second-order valence-electron chi connectivity index (χ2n) is 5.64. The van der Waals surface area contributed by atoms with Crippen molar-refractivity contribution in [2.75, 3.05) is 11.9 Å². The van der Waals surface area contributed by atoms with Crippen LogP contribution in [0.3, 0.4) is 0 Å². The Balaban J connectivity index is 1.75. The van der Waals surface area contributed by atoms with Gasteiger partial charge in [-0.3, -0.25) is 19.3 Å². The van der Waals surface area contributed by atoms with Crippen molar-refractivity contribution in [1.29, 1.82) is 0 Å². The molecule has 0 bridgehead atoms. The predicted molar refractivity (Wildman–Crippen MR) is 88.6 cm³/mol. The number of carbonyl (C=O) groups is 3. The molecule has 0 saturated carbocycles. The fourth-order valence-electron chi connectivity index (χ4n) is 2.66. The number of anilines is 1. The van der Waals surface area contributed by atoms with Gasteiger partial charge < -0.3 is 10.1 Å². The Hall–Kier alpha value is -3.36. The van der Waals surface area contributed by atoms with Crippen LogP contribution in [-0.2, 0) is 0 Å². The molecule has 0 radical (unpaired) electrons. The van der Waals surface area contributed by atoms with E-state index in [1.165, 1.54) is 30.3 Å². The van der Waals surface area contributed by atoms with Gasteiger partial charge in [-0.1, -0.05) is 0 Å². The van der Waals surface area contributed by atoms with Crippen molar-refractivity contribution in [2.24, 2.45) is 0 Å². The third-order valence-corrected chi connectivity index (χ3v) is 3.89. The van der Waals surface area contributed by atoms with Crippen LogP contribution in [0.15, 0.2) is 42.5 Å². The maximum Gasteiger partial charge on any atom is 0.573 e. The summed E-state index contributed by atoms with van der Waals surface area (Å²) in [5.74, 6) is -1.87. The van der Waals surface area contributed by atoms with E-state index in [-0.39, 0.29) is 28.9 Å². The summed E-state index contributed by atoms with van der Waals surface area (Å²) in [6.45, 7) is 1.89. The number of hydrogen-bond donors (Lipinski definition) is 1. The van der Waals surface area contributed by atoms with Gasteiger partial charge in [-0.05, 0) is 49.4 Å². The number of hydrogen-bond acceptors (Lipinski definition) is 4. The summed E-state index contributed by atoms with van der Waals surface area (Å²) in [6, 6.07) is 8.75. The summed E-state index contributed by atoms with van der Waals surface area (Å²) in [7, 11) is 0. The normalized spacial score (nSPS) is 13.6. The number of amides is 3. The number of rotatable bonds is 4. The van der Waals surface area contributed by atoms with E-state index in [2.05, 4.69) is 10.1 Å². The van der Waals surface area contributed by atoms with Gasteiger partial charge in [0.1, 0.15) is 5.75 Å². The number of alkyl halides is 3. The summed E-state index contributed by atoms with van der Waals surface area (Å²) < 4.78 is 40.2. The number of nitrogens with one attached hydrogen (secondary N) is 1. The molecule has 3 amide bonds. The summed E-state index contributed by atoms with van der Waals surface area (Å²) in [6.07, 6.45) is -4.80. The van der Waals surface area contributed by atoms with Gasteiger partial charge in [-0.2, -0.15) is 0 Å². The standard InChI is InChI=1S/C18H13F3N2O4/c1-2-23-16(25)13-8-3-10(9-14(13)17(23)26)15(24)22-11-4-6-12(7-5-11)27-18(19,20)21/h3-9H,2H2,1H3,(H,22,24). The van der Waals surface area contributed by atoms with Crippen molar-refractivity contribution in [2.45, 2.75) is 13.3 Å². The van der Waals surface area contributed by atoms with E-state index in [9.17, 15) is 27.6 Å². The topological polar surface area (TPSA) is 75.7 Å². The molecule has 6 nitrogen and oxygen atoms in total. The first kappa shape index (κ1) is 18.4. The SMILES string of the molecule is CCN1C(=O)c2ccc(C(=O)Nc3ccc(OC(F)(F)F)cc3)cc2C1=O. The van der Waals surface area contributed by atoms with E-state index in [0.717, 1.165) is 17.0 Å². The molecule has 140 valence electrons. The van der Waals surface area contributed by atoms with E-state index in [4.69, 9.17) is 0 Å². The van der Waals surface area contributed by atoms with Crippen molar-refractivity contribution >= 4 is 23.4 Å². The van der Waals surface area contributed by atoms with Crippen LogP contribution in [0.25, 0.3) is 0 Å². The number of imide groups is 1. The fraction of sp³-hybridized carbons (Fsp3) is 0.167. The van der Waals surface area contributed by atoms with Gasteiger partial charge in [0.25, 0.3) is 17.7 Å². The van der Waals surface area contributed by atoms with Gasteiger partial charge >= 0.3 is 6.36 Å². The first-order chi connectivity index (χ1) is 12.7. The molecular formula is C18H13F3N2O4. The molecule has 2 aromatic rings. The second-order valence-corrected chi connectivity index (χ2v) is 5.64. The molecule has 1 N–H and O–H groups in total. The Morgan fingerprint density at radius 3 is 2.26 bits per heavy atom. The van der Waals surface area contributed by atoms with Gasteiger partial charge in [0.15, 0.2) is 0 Å². The lowest BCUT2D eigenvalue weighted by Gasteiger charge is -2.10. The third kappa shape index (κ3) is 3.76. The van der Waals surface area contributed by atoms with Gasteiger partial charge in [0, 0.05) is 17.8 Å². The van der Waals surface area contributed by atoms with Crippen molar-refractivity contribution in [3.63, 3.8) is 0 Å². The van der Waals surface area contributed by atoms with E-state index < -0.39 is 29.8 Å². The molecule has 0 aromatic heterocycles. The molecule has 2 aromatic carbocycles. The van der Waals surface area contributed by atoms with Crippen LogP contribution in [0.4, 0.5) is 18.9 Å². The van der Waals surface area contributed by atoms with Gasteiger partial charge in [0.05, 0.1) is 11.1 Å². The maximum absolute atomic E-state index is 12.3. The molecule has 0 spiro atoms. The van der Waals surface area contributed by atoms with E-state index >= 15 is 0 Å². The Morgan fingerprint density at radius 2 is 1.67 bits per heavy atom. The lowest BCUT2D eigenvalue weighted by molar-refractivity contribution is -0.274. The van der Waals surface area contributed by atoms with Gasteiger partial charge in [-0.25, -0.2) is 0 Å². The average molecular weight is 378 g/mol. The Morgan fingerprint density at radius 1 is 1.04 bits per heavy atom. The lowest BCUT2D eigenvalue weighted by Crippen LogP contribution is -2.29. The molecule has 1 aliphatic heterocycles. The highest BCUT2D eigenvalue weighted by molar-refractivity contribution is 6.22. The third-order valence-electron chi connectivity index (χ3n) is 3.89. The minimum atomic E-state index is -4.80. The zero-order valence-electron chi connectivity index (χ0n) is 14.0. The smallest absolute Gasteiger partial charge is 0.406 e. The fourth-order valence-corrected chi connectivity index (χ4v) is 2.66. The number of ether oxygens (including phenoxy) is 1. The Bertz CT molecular complexity index is 923. The first-order valence-corrected chi connectivity index (χ1v) is 7.87. The van der Waals surface area contributed by atoms with E-state index in [1.54, 1.807) is 6.92 Å². The molecule has 0 unspecified atom stereocenters. The minimum absolute atomic E-state index is 0.142.